The van der Waals surface area contributed by atoms with Crippen molar-refractivity contribution in [2.75, 3.05) is 20.8 Å². The van der Waals surface area contributed by atoms with Crippen LogP contribution in [0.5, 0.6) is 11.5 Å². The Kier molecular flexibility index (Phi) is 9.34. The Morgan fingerprint density at radius 3 is 2.58 bits per heavy atom. The van der Waals surface area contributed by atoms with Crippen molar-refractivity contribution in [2.45, 2.75) is 71.1 Å². The number of methoxy groups -OCH3 is 2. The van der Waals surface area contributed by atoms with Crippen molar-refractivity contribution in [1.29, 1.82) is 0 Å². The maximum atomic E-state index is 12.4. The number of nitrogens with one attached hydrogen (secondary N) is 1. The van der Waals surface area contributed by atoms with Crippen LogP contribution in [0.25, 0.3) is 11.5 Å². The molecule has 0 saturated heterocycles. The molecule has 1 saturated carbocycles. The predicted molar refractivity (Wildman–Crippen MR) is 127 cm³/mol. The highest BCUT2D eigenvalue weighted by atomic mass is 16.5. The van der Waals surface area contributed by atoms with Gasteiger partial charge in [-0.2, -0.15) is 0 Å². The molecule has 2 aromatic rings. The third kappa shape index (κ3) is 7.34. The molecule has 1 heterocycles. The van der Waals surface area contributed by atoms with Crippen LogP contribution in [0.15, 0.2) is 22.6 Å². The van der Waals surface area contributed by atoms with Gasteiger partial charge in [-0.05, 0) is 37.5 Å². The Morgan fingerprint density at radius 1 is 1.09 bits per heavy atom. The molecule has 7 nitrogen and oxygen atoms in total. The molecule has 1 aromatic carbocycles. The van der Waals surface area contributed by atoms with E-state index in [0.717, 1.165) is 24.3 Å². The first-order valence-electron chi connectivity index (χ1n) is 12.0. The van der Waals surface area contributed by atoms with E-state index >= 15 is 0 Å². The molecule has 1 aliphatic rings. The SMILES string of the molecule is COc1ccc(-c2nc(CC(=O)CC(=O)NCCCCC3CCCCC3)c(C)o2)cc1OC. The van der Waals surface area contributed by atoms with Gasteiger partial charge < -0.3 is 19.2 Å². The summed E-state index contributed by atoms with van der Waals surface area (Å²) in [6, 6.07) is 5.37. The van der Waals surface area contributed by atoms with Crippen molar-refractivity contribution in [2.24, 2.45) is 5.92 Å². The first-order chi connectivity index (χ1) is 16.0. The topological polar surface area (TPSA) is 90.7 Å². The molecule has 7 heteroatoms. The van der Waals surface area contributed by atoms with Crippen LogP contribution in [0.4, 0.5) is 0 Å². The largest absolute Gasteiger partial charge is 0.493 e. The maximum Gasteiger partial charge on any atom is 0.227 e. The minimum atomic E-state index is -0.223. The number of hydrogen-bond donors (Lipinski definition) is 1. The van der Waals surface area contributed by atoms with Crippen LogP contribution in [-0.2, 0) is 16.0 Å². The lowest BCUT2D eigenvalue weighted by molar-refractivity contribution is -0.127. The molecule has 0 bridgehead atoms. The van der Waals surface area contributed by atoms with Crippen molar-refractivity contribution in [3.8, 4) is 23.0 Å². The number of nitrogens with zero attached hydrogens (tertiary/aromatic N) is 1. The minimum absolute atomic E-state index is 0.0672. The van der Waals surface area contributed by atoms with Crippen molar-refractivity contribution in [3.63, 3.8) is 0 Å². The summed E-state index contributed by atoms with van der Waals surface area (Å²) in [4.78, 5) is 29.0. The number of Topliss-reactive ketones (excluding diaryl/α,β-unsaturated/α-hetero) is 1. The highest BCUT2D eigenvalue weighted by molar-refractivity contribution is 5.98. The average molecular weight is 457 g/mol. The smallest absolute Gasteiger partial charge is 0.227 e. The molecule has 0 unspecified atom stereocenters. The molecule has 1 fully saturated rings. The second kappa shape index (κ2) is 12.4. The molecule has 0 radical (unpaired) electrons. The summed E-state index contributed by atoms with van der Waals surface area (Å²) in [5, 5.41) is 2.88. The second-order valence-corrected chi connectivity index (χ2v) is 8.83. The fourth-order valence-corrected chi connectivity index (χ4v) is 4.44. The third-order valence-corrected chi connectivity index (χ3v) is 6.33. The number of aromatic nitrogens is 1. The van der Waals surface area contributed by atoms with Crippen molar-refractivity contribution in [3.05, 3.63) is 29.7 Å². The van der Waals surface area contributed by atoms with E-state index < -0.39 is 0 Å². The van der Waals surface area contributed by atoms with Gasteiger partial charge in [0, 0.05) is 12.1 Å². The summed E-state index contributed by atoms with van der Waals surface area (Å²) in [5.74, 6) is 2.61. The number of aryl methyl sites for hydroxylation is 1. The fraction of sp³-hybridized carbons (Fsp3) is 0.577. The van der Waals surface area contributed by atoms with E-state index in [2.05, 4.69) is 10.3 Å². The van der Waals surface area contributed by atoms with Gasteiger partial charge in [0.15, 0.2) is 11.5 Å². The highest BCUT2D eigenvalue weighted by Crippen LogP contribution is 2.32. The number of carbonyl (C=O) groups excluding carboxylic acids is 2. The quantitative estimate of drug-likeness (QED) is 0.356. The van der Waals surface area contributed by atoms with Gasteiger partial charge in [0.05, 0.1) is 32.8 Å². The predicted octanol–water partition coefficient (Wildman–Crippen LogP) is 5.04. The van der Waals surface area contributed by atoms with E-state index in [1.54, 1.807) is 33.3 Å². The van der Waals surface area contributed by atoms with E-state index in [1.807, 2.05) is 6.07 Å². The zero-order chi connectivity index (χ0) is 23.6. The van der Waals surface area contributed by atoms with Crippen LogP contribution >= 0.6 is 0 Å². The molecule has 1 N–H and O–H groups in total. The first-order valence-corrected chi connectivity index (χ1v) is 12.0. The lowest BCUT2D eigenvalue weighted by Crippen LogP contribution is -2.27. The number of unbranched alkanes of at least 4 members (excludes halogenated alkanes) is 1. The summed E-state index contributed by atoms with van der Waals surface area (Å²) in [5.41, 5.74) is 1.27. The average Bonchev–Trinajstić information content (AvgIpc) is 3.18. The van der Waals surface area contributed by atoms with Gasteiger partial charge in [0.1, 0.15) is 11.5 Å². The number of hydrogen-bond acceptors (Lipinski definition) is 6. The maximum absolute atomic E-state index is 12.4. The Bertz CT molecular complexity index is 931. The van der Waals surface area contributed by atoms with Gasteiger partial charge in [0.25, 0.3) is 0 Å². The molecular weight excluding hydrogens is 420 g/mol. The van der Waals surface area contributed by atoms with E-state index in [0.29, 0.717) is 35.4 Å². The van der Waals surface area contributed by atoms with Gasteiger partial charge >= 0.3 is 0 Å². The molecule has 0 aliphatic heterocycles. The van der Waals surface area contributed by atoms with Crippen LogP contribution in [0.1, 0.15) is 69.2 Å². The first kappa shape index (κ1) is 24.8. The number of amides is 1. The van der Waals surface area contributed by atoms with Gasteiger partial charge in [-0.1, -0.05) is 44.9 Å². The van der Waals surface area contributed by atoms with Crippen molar-refractivity contribution < 1.29 is 23.5 Å². The van der Waals surface area contributed by atoms with E-state index in [4.69, 9.17) is 13.9 Å². The van der Waals surface area contributed by atoms with Crippen LogP contribution in [-0.4, -0.2) is 37.4 Å². The van der Waals surface area contributed by atoms with Crippen molar-refractivity contribution >= 4 is 11.7 Å². The Balaban J connectivity index is 1.43. The van der Waals surface area contributed by atoms with Crippen LogP contribution in [0.3, 0.4) is 0 Å². The fourth-order valence-electron chi connectivity index (χ4n) is 4.44. The zero-order valence-electron chi connectivity index (χ0n) is 20.1. The number of ketones is 1. The number of oxazole rings is 1. The molecular formula is C26H36N2O5. The summed E-state index contributed by atoms with van der Waals surface area (Å²) in [6.45, 7) is 2.40. The normalized spacial score (nSPS) is 14.2. The molecule has 1 amide bonds. The zero-order valence-corrected chi connectivity index (χ0v) is 20.1. The molecule has 180 valence electrons. The van der Waals surface area contributed by atoms with Crippen LogP contribution in [0, 0.1) is 12.8 Å². The van der Waals surface area contributed by atoms with E-state index in [1.165, 1.54) is 38.5 Å². The Morgan fingerprint density at radius 2 is 1.85 bits per heavy atom. The molecule has 0 spiro atoms. The summed E-state index contributed by atoms with van der Waals surface area (Å²) < 4.78 is 16.3. The van der Waals surface area contributed by atoms with Crippen LogP contribution in [0.2, 0.25) is 0 Å². The minimum Gasteiger partial charge on any atom is -0.493 e. The molecule has 1 aromatic heterocycles. The molecule has 1 aliphatic carbocycles. The van der Waals surface area contributed by atoms with Gasteiger partial charge in [-0.15, -0.1) is 0 Å². The lowest BCUT2D eigenvalue weighted by atomic mass is 9.86. The monoisotopic (exact) mass is 456 g/mol. The molecule has 33 heavy (non-hydrogen) atoms. The Hall–Kier alpha value is -2.83. The van der Waals surface area contributed by atoms with E-state index in [-0.39, 0.29) is 24.5 Å². The number of benzene rings is 1. The summed E-state index contributed by atoms with van der Waals surface area (Å²) >= 11 is 0. The lowest BCUT2D eigenvalue weighted by Gasteiger charge is -2.21. The van der Waals surface area contributed by atoms with E-state index in [9.17, 15) is 9.59 Å². The summed E-state index contributed by atoms with van der Waals surface area (Å²) in [7, 11) is 3.14. The van der Waals surface area contributed by atoms with Crippen LogP contribution < -0.4 is 14.8 Å². The van der Waals surface area contributed by atoms with Gasteiger partial charge in [-0.25, -0.2) is 4.98 Å². The number of carbonyl (C=O) groups is 2. The number of rotatable bonds is 12. The molecule has 0 atom stereocenters. The summed E-state index contributed by atoms with van der Waals surface area (Å²) in [6.07, 6.45) is 10.1. The number of ether oxygens (including phenoxy) is 2. The van der Waals surface area contributed by atoms with Gasteiger partial charge in [0.2, 0.25) is 11.8 Å². The molecule has 3 rings (SSSR count). The van der Waals surface area contributed by atoms with Gasteiger partial charge in [-0.3, -0.25) is 9.59 Å². The highest BCUT2D eigenvalue weighted by Gasteiger charge is 2.18. The third-order valence-electron chi connectivity index (χ3n) is 6.33. The Labute approximate surface area is 196 Å². The van der Waals surface area contributed by atoms with Crippen molar-refractivity contribution in [1.82, 2.24) is 10.3 Å². The second-order valence-electron chi connectivity index (χ2n) is 8.83. The standard InChI is InChI=1S/C26H36N2O5/c1-18-22(28-26(33-18)20-12-13-23(31-2)24(15-20)32-3)16-21(29)17-25(30)27-14-8-7-11-19-9-5-4-6-10-19/h12-13,15,19H,4-11,14,16-17H2,1-3H3,(H,27,30).